The zero-order valence-corrected chi connectivity index (χ0v) is 9.79. The summed E-state index contributed by atoms with van der Waals surface area (Å²) in [5, 5.41) is 11.9. The molecule has 1 aromatic rings. The van der Waals surface area contributed by atoms with E-state index in [-0.39, 0.29) is 11.5 Å². The van der Waals surface area contributed by atoms with E-state index >= 15 is 0 Å². The van der Waals surface area contributed by atoms with Gasteiger partial charge in [0.25, 0.3) is 0 Å². The predicted octanol–water partition coefficient (Wildman–Crippen LogP) is -0.574. The molecule has 1 aromatic heterocycles. The topological polar surface area (TPSA) is 91.3 Å². The van der Waals surface area contributed by atoms with Crippen LogP contribution < -0.4 is 10.0 Å². The smallest absolute Gasteiger partial charge is 0.212 e. The summed E-state index contributed by atoms with van der Waals surface area (Å²) >= 11 is 0. The van der Waals surface area contributed by atoms with Crippen molar-refractivity contribution < 1.29 is 13.5 Å². The lowest BCUT2D eigenvalue weighted by molar-refractivity contribution is 0.472. The van der Waals surface area contributed by atoms with Gasteiger partial charge in [-0.2, -0.15) is 0 Å². The molecule has 0 radical (unpaired) electrons. The van der Waals surface area contributed by atoms with Gasteiger partial charge in [0.05, 0.1) is 17.6 Å². The lowest BCUT2D eigenvalue weighted by Gasteiger charge is -2.04. The molecular formula is C9H15N3O3S. The van der Waals surface area contributed by atoms with E-state index in [0.29, 0.717) is 13.1 Å². The van der Waals surface area contributed by atoms with Gasteiger partial charge in [-0.1, -0.05) is 0 Å². The van der Waals surface area contributed by atoms with Crippen LogP contribution in [0.4, 0.5) is 0 Å². The summed E-state index contributed by atoms with van der Waals surface area (Å²) in [6, 6.07) is 3.21. The maximum absolute atomic E-state index is 11.1. The van der Waals surface area contributed by atoms with Gasteiger partial charge in [-0.05, 0) is 19.2 Å². The van der Waals surface area contributed by atoms with Crippen LogP contribution >= 0.6 is 0 Å². The molecule has 0 aliphatic heterocycles. The van der Waals surface area contributed by atoms with Crippen molar-refractivity contribution in [1.82, 2.24) is 15.0 Å². The summed E-state index contributed by atoms with van der Waals surface area (Å²) in [5.74, 6) is 0.142. The summed E-state index contributed by atoms with van der Waals surface area (Å²) in [4.78, 5) is 3.95. The molecule has 0 unspecified atom stereocenters. The highest BCUT2D eigenvalue weighted by Crippen LogP contribution is 2.05. The second-order valence-electron chi connectivity index (χ2n) is 3.21. The SMILES string of the molecule is CNS(=O)(=O)CCNCc1ccc(O)cn1. The molecule has 6 nitrogen and oxygen atoms in total. The molecule has 0 bridgehead atoms. The minimum absolute atomic E-state index is 0.0293. The molecular weight excluding hydrogens is 230 g/mol. The Morgan fingerprint density at radius 2 is 2.19 bits per heavy atom. The van der Waals surface area contributed by atoms with Crippen molar-refractivity contribution in [3.8, 4) is 5.75 Å². The minimum atomic E-state index is -3.15. The van der Waals surface area contributed by atoms with Gasteiger partial charge in [0.1, 0.15) is 5.75 Å². The van der Waals surface area contributed by atoms with Crippen molar-refractivity contribution in [2.24, 2.45) is 0 Å². The number of hydrogen-bond acceptors (Lipinski definition) is 5. The van der Waals surface area contributed by atoms with Gasteiger partial charge < -0.3 is 10.4 Å². The molecule has 0 fully saturated rings. The van der Waals surface area contributed by atoms with Gasteiger partial charge >= 0.3 is 0 Å². The van der Waals surface area contributed by atoms with Crippen LogP contribution in [0.3, 0.4) is 0 Å². The van der Waals surface area contributed by atoms with Crippen molar-refractivity contribution >= 4 is 10.0 Å². The van der Waals surface area contributed by atoms with E-state index in [1.807, 2.05) is 0 Å². The molecule has 0 saturated carbocycles. The van der Waals surface area contributed by atoms with Gasteiger partial charge in [-0.15, -0.1) is 0 Å². The summed E-state index contributed by atoms with van der Waals surface area (Å²) < 4.78 is 24.3. The Hall–Kier alpha value is -1.18. The zero-order chi connectivity index (χ0) is 12.0. The Bertz CT molecular complexity index is 416. The number of nitrogens with zero attached hydrogens (tertiary/aromatic N) is 1. The average Bonchev–Trinajstić information content (AvgIpc) is 2.27. The second-order valence-corrected chi connectivity index (χ2v) is 5.25. The van der Waals surface area contributed by atoms with E-state index < -0.39 is 10.0 Å². The molecule has 7 heteroatoms. The molecule has 0 saturated heterocycles. The van der Waals surface area contributed by atoms with E-state index in [1.165, 1.54) is 19.3 Å². The fourth-order valence-corrected chi connectivity index (χ4v) is 1.66. The first kappa shape index (κ1) is 12.9. The molecule has 16 heavy (non-hydrogen) atoms. The van der Waals surface area contributed by atoms with Gasteiger partial charge in [0.2, 0.25) is 10.0 Å². The van der Waals surface area contributed by atoms with Crippen molar-refractivity contribution in [2.75, 3.05) is 19.3 Å². The van der Waals surface area contributed by atoms with E-state index in [0.717, 1.165) is 5.69 Å². The Morgan fingerprint density at radius 3 is 2.75 bits per heavy atom. The monoisotopic (exact) mass is 245 g/mol. The third kappa shape index (κ3) is 4.56. The fourth-order valence-electron chi connectivity index (χ4n) is 1.05. The van der Waals surface area contributed by atoms with Crippen molar-refractivity contribution in [3.63, 3.8) is 0 Å². The largest absolute Gasteiger partial charge is 0.506 e. The highest BCUT2D eigenvalue weighted by molar-refractivity contribution is 7.89. The van der Waals surface area contributed by atoms with E-state index in [9.17, 15) is 8.42 Å². The number of aromatic nitrogens is 1. The maximum atomic E-state index is 11.1. The molecule has 0 aliphatic rings. The Balaban J connectivity index is 2.29. The number of sulfonamides is 1. The second kappa shape index (κ2) is 5.78. The van der Waals surface area contributed by atoms with E-state index in [1.54, 1.807) is 6.07 Å². The zero-order valence-electron chi connectivity index (χ0n) is 8.97. The Labute approximate surface area is 94.8 Å². The van der Waals surface area contributed by atoms with Crippen LogP contribution in [-0.4, -0.2) is 37.9 Å². The van der Waals surface area contributed by atoms with Crippen molar-refractivity contribution in [1.29, 1.82) is 0 Å². The number of pyridine rings is 1. The van der Waals surface area contributed by atoms with Crippen LogP contribution in [-0.2, 0) is 16.6 Å². The first-order valence-corrected chi connectivity index (χ1v) is 6.44. The normalized spacial score (nSPS) is 11.6. The van der Waals surface area contributed by atoms with Crippen LogP contribution in [0.5, 0.6) is 5.75 Å². The third-order valence-corrected chi connectivity index (χ3v) is 3.34. The van der Waals surface area contributed by atoms with Gasteiger partial charge in [0, 0.05) is 13.1 Å². The van der Waals surface area contributed by atoms with Crippen LogP contribution in [0, 0.1) is 0 Å². The molecule has 1 heterocycles. The summed E-state index contributed by atoms with van der Waals surface area (Å²) in [6.07, 6.45) is 1.35. The predicted molar refractivity (Wildman–Crippen MR) is 60.5 cm³/mol. The molecule has 0 aliphatic carbocycles. The Morgan fingerprint density at radius 1 is 1.44 bits per heavy atom. The van der Waals surface area contributed by atoms with E-state index in [2.05, 4.69) is 15.0 Å². The number of aromatic hydroxyl groups is 1. The average molecular weight is 245 g/mol. The van der Waals surface area contributed by atoms with Crippen LogP contribution in [0.25, 0.3) is 0 Å². The Kier molecular flexibility index (Phi) is 4.66. The van der Waals surface area contributed by atoms with Crippen LogP contribution in [0.15, 0.2) is 18.3 Å². The number of rotatable bonds is 6. The van der Waals surface area contributed by atoms with Gasteiger partial charge in [0.15, 0.2) is 0 Å². The van der Waals surface area contributed by atoms with Gasteiger partial charge in [-0.3, -0.25) is 4.98 Å². The number of nitrogens with one attached hydrogen (secondary N) is 2. The van der Waals surface area contributed by atoms with E-state index in [4.69, 9.17) is 5.11 Å². The molecule has 0 spiro atoms. The third-order valence-electron chi connectivity index (χ3n) is 1.97. The summed E-state index contributed by atoms with van der Waals surface area (Å²) in [7, 11) is -1.77. The maximum Gasteiger partial charge on any atom is 0.212 e. The lowest BCUT2D eigenvalue weighted by atomic mass is 10.3. The van der Waals surface area contributed by atoms with Crippen molar-refractivity contribution in [2.45, 2.75) is 6.54 Å². The minimum Gasteiger partial charge on any atom is -0.506 e. The molecule has 0 atom stereocenters. The van der Waals surface area contributed by atoms with Gasteiger partial charge in [-0.25, -0.2) is 13.1 Å². The van der Waals surface area contributed by atoms with Crippen LogP contribution in [0.1, 0.15) is 5.69 Å². The molecule has 1 rings (SSSR count). The lowest BCUT2D eigenvalue weighted by Crippen LogP contribution is -2.29. The molecule has 3 N–H and O–H groups in total. The first-order chi connectivity index (χ1) is 7.53. The van der Waals surface area contributed by atoms with Crippen LogP contribution in [0.2, 0.25) is 0 Å². The number of hydrogen-bond donors (Lipinski definition) is 3. The molecule has 0 amide bonds. The fraction of sp³-hybridized carbons (Fsp3) is 0.444. The molecule has 0 aromatic carbocycles. The quantitative estimate of drug-likeness (QED) is 0.584. The highest BCUT2D eigenvalue weighted by atomic mass is 32.2. The highest BCUT2D eigenvalue weighted by Gasteiger charge is 2.05. The first-order valence-electron chi connectivity index (χ1n) is 4.79. The molecule has 90 valence electrons. The summed E-state index contributed by atoms with van der Waals surface area (Å²) in [5.41, 5.74) is 0.750. The standard InChI is InChI=1S/C9H15N3O3S/c1-10-16(14,15)5-4-11-6-8-2-3-9(13)7-12-8/h2-3,7,10-11,13H,4-6H2,1H3. The van der Waals surface area contributed by atoms with Crippen molar-refractivity contribution in [3.05, 3.63) is 24.0 Å². The summed E-state index contributed by atoms with van der Waals surface area (Å²) in [6.45, 7) is 0.825.